The van der Waals surface area contributed by atoms with Gasteiger partial charge in [-0.2, -0.15) is 0 Å². The van der Waals surface area contributed by atoms with Crippen molar-refractivity contribution in [3.05, 3.63) is 29.6 Å². The predicted octanol–water partition coefficient (Wildman–Crippen LogP) is 2.03. The molecular formula is C15H24N2O. The van der Waals surface area contributed by atoms with E-state index >= 15 is 0 Å². The highest BCUT2D eigenvalue weighted by molar-refractivity contribution is 5.15. The molecular weight excluding hydrogens is 224 g/mol. The lowest BCUT2D eigenvalue weighted by molar-refractivity contribution is -0.0359. The molecule has 0 radical (unpaired) electrons. The zero-order valence-corrected chi connectivity index (χ0v) is 11.7. The lowest BCUT2D eigenvalue weighted by atomic mass is 9.83. The third-order valence-electron chi connectivity index (χ3n) is 4.16. The fraction of sp³-hybridized carbons (Fsp3) is 0.667. The molecule has 0 amide bonds. The van der Waals surface area contributed by atoms with Gasteiger partial charge in [-0.15, -0.1) is 0 Å². The van der Waals surface area contributed by atoms with Gasteiger partial charge in [-0.25, -0.2) is 0 Å². The van der Waals surface area contributed by atoms with Crippen molar-refractivity contribution in [2.75, 3.05) is 13.6 Å². The number of pyridine rings is 1. The van der Waals surface area contributed by atoms with Gasteiger partial charge in [-0.3, -0.25) is 4.98 Å². The number of nitrogens with zero attached hydrogens (tertiary/aromatic N) is 2. The van der Waals surface area contributed by atoms with Gasteiger partial charge >= 0.3 is 0 Å². The van der Waals surface area contributed by atoms with E-state index in [0.29, 0.717) is 12.5 Å². The second kappa shape index (κ2) is 5.37. The predicted molar refractivity (Wildman–Crippen MR) is 73.6 cm³/mol. The Hall–Kier alpha value is -0.930. The van der Waals surface area contributed by atoms with E-state index in [-0.39, 0.29) is 0 Å². The van der Waals surface area contributed by atoms with E-state index in [1.54, 1.807) is 0 Å². The van der Waals surface area contributed by atoms with Crippen LogP contribution in [0.3, 0.4) is 0 Å². The molecule has 0 spiro atoms. The van der Waals surface area contributed by atoms with Crippen molar-refractivity contribution in [2.45, 2.75) is 51.2 Å². The van der Waals surface area contributed by atoms with Gasteiger partial charge in [0.1, 0.15) is 0 Å². The number of likely N-dealkylation sites (tertiary alicyclic amines) is 1. The average Bonchev–Trinajstić information content (AvgIpc) is 2.35. The molecule has 1 aromatic rings. The standard InChI is InChI=1S/C15H24N2O/c1-4-13-5-6-14(16-11-13)10-15(18)7-8-17(3)12(2)9-15/h5-6,11-12,18H,4,7-10H2,1-3H3. The Labute approximate surface area is 110 Å². The van der Waals surface area contributed by atoms with Crippen LogP contribution in [0.15, 0.2) is 18.3 Å². The number of hydrogen-bond acceptors (Lipinski definition) is 3. The average molecular weight is 248 g/mol. The molecule has 0 bridgehead atoms. The minimum Gasteiger partial charge on any atom is -0.389 e. The molecule has 2 unspecified atom stereocenters. The maximum atomic E-state index is 10.7. The number of rotatable bonds is 3. The summed E-state index contributed by atoms with van der Waals surface area (Å²) in [6.07, 6.45) is 5.29. The Morgan fingerprint density at radius 2 is 2.28 bits per heavy atom. The summed E-state index contributed by atoms with van der Waals surface area (Å²) in [7, 11) is 2.12. The number of piperidine rings is 1. The molecule has 3 nitrogen and oxygen atoms in total. The van der Waals surface area contributed by atoms with Gasteiger partial charge in [0.05, 0.1) is 5.60 Å². The minimum atomic E-state index is -0.577. The quantitative estimate of drug-likeness (QED) is 0.889. The Morgan fingerprint density at radius 1 is 1.50 bits per heavy atom. The van der Waals surface area contributed by atoms with Crippen LogP contribution in [0.2, 0.25) is 0 Å². The number of aryl methyl sites for hydroxylation is 1. The van der Waals surface area contributed by atoms with Crippen LogP contribution in [0.4, 0.5) is 0 Å². The maximum Gasteiger partial charge on any atom is 0.0730 e. The summed E-state index contributed by atoms with van der Waals surface area (Å²) in [6, 6.07) is 4.61. The molecule has 2 heterocycles. The van der Waals surface area contributed by atoms with Crippen molar-refractivity contribution >= 4 is 0 Å². The molecule has 0 saturated carbocycles. The molecule has 2 atom stereocenters. The van der Waals surface area contributed by atoms with Gasteiger partial charge in [-0.1, -0.05) is 13.0 Å². The maximum absolute atomic E-state index is 10.7. The van der Waals surface area contributed by atoms with Crippen LogP contribution < -0.4 is 0 Å². The molecule has 0 aliphatic carbocycles. The van der Waals surface area contributed by atoms with E-state index in [1.165, 1.54) is 5.56 Å². The van der Waals surface area contributed by atoms with E-state index in [9.17, 15) is 5.11 Å². The fourth-order valence-electron chi connectivity index (χ4n) is 2.68. The minimum absolute atomic E-state index is 0.443. The number of hydrogen-bond donors (Lipinski definition) is 1. The molecule has 1 aromatic heterocycles. The van der Waals surface area contributed by atoms with E-state index in [1.807, 2.05) is 6.20 Å². The summed E-state index contributed by atoms with van der Waals surface area (Å²) in [5.41, 5.74) is 1.68. The van der Waals surface area contributed by atoms with Gasteiger partial charge in [-0.05, 0) is 44.9 Å². The Balaban J connectivity index is 2.03. The van der Waals surface area contributed by atoms with Crippen LogP contribution in [0.1, 0.15) is 37.9 Å². The van der Waals surface area contributed by atoms with Gasteiger partial charge in [0.15, 0.2) is 0 Å². The third kappa shape index (κ3) is 3.09. The molecule has 1 aliphatic heterocycles. The van der Waals surface area contributed by atoms with Crippen molar-refractivity contribution < 1.29 is 5.11 Å². The third-order valence-corrected chi connectivity index (χ3v) is 4.16. The first-order valence-electron chi connectivity index (χ1n) is 6.89. The lowest BCUT2D eigenvalue weighted by Gasteiger charge is -2.41. The van der Waals surface area contributed by atoms with Crippen molar-refractivity contribution in [1.29, 1.82) is 0 Å². The van der Waals surface area contributed by atoms with Gasteiger partial charge in [0, 0.05) is 30.9 Å². The highest BCUT2D eigenvalue weighted by Crippen LogP contribution is 2.28. The molecule has 2 rings (SSSR count). The summed E-state index contributed by atoms with van der Waals surface area (Å²) in [5.74, 6) is 0. The van der Waals surface area contributed by atoms with E-state index < -0.39 is 5.60 Å². The highest BCUT2D eigenvalue weighted by Gasteiger charge is 2.35. The van der Waals surface area contributed by atoms with E-state index in [2.05, 4.69) is 42.9 Å². The molecule has 0 aromatic carbocycles. The topological polar surface area (TPSA) is 36.4 Å². The van der Waals surface area contributed by atoms with Gasteiger partial charge in [0.25, 0.3) is 0 Å². The molecule has 3 heteroatoms. The van der Waals surface area contributed by atoms with Crippen molar-refractivity contribution in [2.24, 2.45) is 0 Å². The second-order valence-corrected chi connectivity index (χ2v) is 5.70. The van der Waals surface area contributed by atoms with Crippen LogP contribution in [-0.2, 0) is 12.8 Å². The van der Waals surface area contributed by atoms with E-state index in [4.69, 9.17) is 0 Å². The van der Waals surface area contributed by atoms with Crippen LogP contribution in [0.25, 0.3) is 0 Å². The molecule has 18 heavy (non-hydrogen) atoms. The molecule has 1 N–H and O–H groups in total. The zero-order chi connectivity index (χ0) is 13.2. The SMILES string of the molecule is CCc1ccc(CC2(O)CCN(C)C(C)C2)nc1. The van der Waals surface area contributed by atoms with Crippen LogP contribution in [-0.4, -0.2) is 40.2 Å². The second-order valence-electron chi connectivity index (χ2n) is 5.70. The van der Waals surface area contributed by atoms with Crippen molar-refractivity contribution in [3.8, 4) is 0 Å². The first kappa shape index (κ1) is 13.5. The Bertz CT molecular complexity index is 390. The lowest BCUT2D eigenvalue weighted by Crippen LogP contribution is -2.48. The van der Waals surface area contributed by atoms with Gasteiger partial charge < -0.3 is 10.0 Å². The first-order chi connectivity index (χ1) is 8.52. The molecule has 1 aliphatic rings. The molecule has 1 fully saturated rings. The van der Waals surface area contributed by atoms with Crippen LogP contribution in [0.5, 0.6) is 0 Å². The summed E-state index contributed by atoms with van der Waals surface area (Å²) in [4.78, 5) is 6.77. The van der Waals surface area contributed by atoms with Crippen molar-refractivity contribution in [1.82, 2.24) is 9.88 Å². The van der Waals surface area contributed by atoms with Crippen molar-refractivity contribution in [3.63, 3.8) is 0 Å². The summed E-state index contributed by atoms with van der Waals surface area (Å²) in [6.45, 7) is 5.27. The molecule has 1 saturated heterocycles. The summed E-state index contributed by atoms with van der Waals surface area (Å²) < 4.78 is 0. The monoisotopic (exact) mass is 248 g/mol. The normalized spacial score (nSPS) is 29.4. The van der Waals surface area contributed by atoms with Gasteiger partial charge in [0.2, 0.25) is 0 Å². The Morgan fingerprint density at radius 3 is 2.83 bits per heavy atom. The smallest absolute Gasteiger partial charge is 0.0730 e. The fourth-order valence-corrected chi connectivity index (χ4v) is 2.68. The summed E-state index contributed by atoms with van der Waals surface area (Å²) >= 11 is 0. The molecule has 100 valence electrons. The van der Waals surface area contributed by atoms with Crippen LogP contribution in [0, 0.1) is 0 Å². The highest BCUT2D eigenvalue weighted by atomic mass is 16.3. The summed E-state index contributed by atoms with van der Waals surface area (Å²) in [5, 5.41) is 10.7. The number of aliphatic hydroxyl groups is 1. The van der Waals surface area contributed by atoms with E-state index in [0.717, 1.165) is 31.5 Å². The van der Waals surface area contributed by atoms with Crippen LogP contribution >= 0.6 is 0 Å². The first-order valence-corrected chi connectivity index (χ1v) is 6.89. The largest absolute Gasteiger partial charge is 0.389 e. The zero-order valence-electron chi connectivity index (χ0n) is 11.7. The number of aromatic nitrogens is 1. The Kier molecular flexibility index (Phi) is 4.03.